The van der Waals surface area contributed by atoms with E-state index in [1.54, 1.807) is 6.07 Å². The maximum Gasteiger partial charge on any atom is 0.239 e. The molecule has 0 aliphatic carbocycles. The monoisotopic (exact) mass is 651 g/mol. The first-order valence-electron chi connectivity index (χ1n) is 18.6. The van der Waals surface area contributed by atoms with Gasteiger partial charge in [0.1, 0.15) is 28.2 Å². The molecule has 1 heterocycles. The number of ether oxygens (including phenoxy) is 3. The number of nitrogens with zero attached hydrogens (tertiary/aromatic N) is 1. The van der Waals surface area contributed by atoms with Gasteiger partial charge in [-0.15, -0.1) is 0 Å². The molecule has 3 rings (SSSR count). The van der Waals surface area contributed by atoms with Crippen LogP contribution in [0.5, 0.6) is 23.0 Å². The first-order valence-corrected chi connectivity index (χ1v) is 18.6. The Hall–Kier alpha value is -3.19. The minimum atomic E-state index is -0.389. The van der Waals surface area contributed by atoms with Crippen LogP contribution in [0.4, 0.5) is 0 Å². The number of hydrogen-bond donors (Lipinski definition) is 1. The van der Waals surface area contributed by atoms with Crippen molar-refractivity contribution >= 4 is 11.0 Å². The molecule has 0 aliphatic heterocycles. The van der Waals surface area contributed by atoms with Crippen molar-refractivity contribution in [1.82, 2.24) is 4.90 Å². The second-order valence-corrected chi connectivity index (χ2v) is 12.6. The smallest absolute Gasteiger partial charge is 0.239 e. The number of hydrogen-bond acceptors (Lipinski definition) is 7. The van der Waals surface area contributed by atoms with E-state index in [4.69, 9.17) is 18.6 Å². The van der Waals surface area contributed by atoms with Gasteiger partial charge in [0.2, 0.25) is 11.2 Å². The number of phenolic OH excluding ortho intramolecular Hbond substituents is 1. The molecule has 0 aliphatic rings. The Labute approximate surface area is 283 Å². The van der Waals surface area contributed by atoms with E-state index in [0.29, 0.717) is 36.9 Å². The maximum atomic E-state index is 13.8. The molecule has 2 aromatic carbocycles. The van der Waals surface area contributed by atoms with E-state index < -0.39 is 0 Å². The van der Waals surface area contributed by atoms with E-state index in [1.165, 1.54) is 76.7 Å². The normalized spacial score (nSPS) is 11.4. The average molecular weight is 652 g/mol. The van der Waals surface area contributed by atoms with Crippen molar-refractivity contribution in [1.29, 1.82) is 0 Å². The number of aromatic hydroxyl groups is 1. The summed E-state index contributed by atoms with van der Waals surface area (Å²) in [6, 6.07) is 10.8. The van der Waals surface area contributed by atoms with Gasteiger partial charge in [-0.3, -0.25) is 4.79 Å². The maximum absolute atomic E-state index is 13.8. The Morgan fingerprint density at radius 3 is 1.74 bits per heavy atom. The summed E-state index contributed by atoms with van der Waals surface area (Å²) in [5.74, 6) is 1.55. The zero-order valence-electron chi connectivity index (χ0n) is 29.7. The minimum absolute atomic E-state index is 0.102. The lowest BCUT2D eigenvalue weighted by Crippen LogP contribution is -2.25. The van der Waals surface area contributed by atoms with Crippen molar-refractivity contribution in [2.24, 2.45) is 0 Å². The van der Waals surface area contributed by atoms with Crippen molar-refractivity contribution in [3.63, 3.8) is 0 Å². The van der Waals surface area contributed by atoms with E-state index in [2.05, 4.69) is 32.6 Å². The van der Waals surface area contributed by atoms with Crippen LogP contribution in [0.3, 0.4) is 0 Å². The lowest BCUT2D eigenvalue weighted by atomic mass is 10.1. The molecule has 0 spiro atoms. The number of phenols is 1. The van der Waals surface area contributed by atoms with Crippen molar-refractivity contribution in [2.45, 2.75) is 124 Å². The Balaban J connectivity index is 1.75. The first kappa shape index (κ1) is 38.3. The van der Waals surface area contributed by atoms with Crippen LogP contribution in [0.25, 0.3) is 22.3 Å². The standard InChI is InChI=1S/C40H61NO6/c1-5-9-11-13-15-17-19-27-44-33-24-22-32(23-25-33)39-40(46-29-21-26-41(7-3)8-4)38(43)37-35(42)30-34(31-36(37)47-39)45-28-20-18-16-14-12-10-6-2/h22-25,30-31,42H,5-21,26-29H2,1-4H3. The van der Waals surface area contributed by atoms with E-state index in [9.17, 15) is 9.90 Å². The summed E-state index contributed by atoms with van der Waals surface area (Å²) in [5, 5.41) is 11.0. The fourth-order valence-electron chi connectivity index (χ4n) is 5.87. The van der Waals surface area contributed by atoms with E-state index in [-0.39, 0.29) is 27.9 Å². The molecule has 0 fully saturated rings. The van der Waals surface area contributed by atoms with Crippen LogP contribution in [0, 0.1) is 0 Å². The van der Waals surface area contributed by atoms with Crippen LogP contribution < -0.4 is 19.6 Å². The number of benzene rings is 2. The highest BCUT2D eigenvalue weighted by Gasteiger charge is 2.21. The third-order valence-corrected chi connectivity index (χ3v) is 8.82. The number of unbranched alkanes of at least 4 members (excludes halogenated alkanes) is 12. The van der Waals surface area contributed by atoms with E-state index >= 15 is 0 Å². The molecule has 1 aromatic heterocycles. The Kier molecular flexibility index (Phi) is 18.2. The summed E-state index contributed by atoms with van der Waals surface area (Å²) in [5.41, 5.74) is 0.591. The molecule has 47 heavy (non-hydrogen) atoms. The van der Waals surface area contributed by atoms with Crippen LogP contribution in [-0.2, 0) is 0 Å². The fraction of sp³-hybridized carbons (Fsp3) is 0.625. The van der Waals surface area contributed by atoms with Gasteiger partial charge in [0.25, 0.3) is 0 Å². The molecule has 0 amide bonds. The van der Waals surface area contributed by atoms with Crippen molar-refractivity contribution in [2.75, 3.05) is 39.5 Å². The Morgan fingerprint density at radius 2 is 1.17 bits per heavy atom. The van der Waals surface area contributed by atoms with Gasteiger partial charge in [-0.25, -0.2) is 0 Å². The van der Waals surface area contributed by atoms with Gasteiger partial charge in [0.05, 0.1) is 19.8 Å². The minimum Gasteiger partial charge on any atom is -0.507 e. The largest absolute Gasteiger partial charge is 0.507 e. The lowest BCUT2D eigenvalue weighted by Gasteiger charge is -2.18. The SMILES string of the molecule is CCCCCCCCCOc1ccc(-c2oc3cc(OCCCCCCCCC)cc(O)c3c(=O)c2OCCCN(CC)CC)cc1. The highest BCUT2D eigenvalue weighted by molar-refractivity contribution is 5.88. The topological polar surface area (TPSA) is 81.4 Å². The van der Waals surface area contributed by atoms with Gasteiger partial charge < -0.3 is 28.6 Å². The third kappa shape index (κ3) is 13.1. The number of fused-ring (bicyclic) bond motifs is 1. The summed E-state index contributed by atoms with van der Waals surface area (Å²) in [4.78, 5) is 16.2. The molecule has 0 unspecified atom stereocenters. The van der Waals surface area contributed by atoms with Gasteiger partial charge in [0, 0.05) is 24.2 Å². The third-order valence-electron chi connectivity index (χ3n) is 8.82. The van der Waals surface area contributed by atoms with Crippen LogP contribution in [-0.4, -0.2) is 49.5 Å². The van der Waals surface area contributed by atoms with E-state index in [0.717, 1.165) is 51.1 Å². The van der Waals surface area contributed by atoms with Crippen LogP contribution in [0.1, 0.15) is 124 Å². The molecule has 262 valence electrons. The second kappa shape index (κ2) is 22.4. The molecule has 1 N–H and O–H groups in total. The van der Waals surface area contributed by atoms with Crippen molar-refractivity contribution < 1.29 is 23.7 Å². The summed E-state index contributed by atoms with van der Waals surface area (Å²) >= 11 is 0. The van der Waals surface area contributed by atoms with Gasteiger partial charge in [-0.2, -0.15) is 0 Å². The van der Waals surface area contributed by atoms with Crippen LogP contribution in [0.15, 0.2) is 45.6 Å². The van der Waals surface area contributed by atoms with Gasteiger partial charge in [-0.1, -0.05) is 105 Å². The Morgan fingerprint density at radius 1 is 0.638 bits per heavy atom. The molecule has 7 heteroatoms. The predicted octanol–water partition coefficient (Wildman–Crippen LogP) is 10.5. The Bertz CT molecular complexity index is 1330. The van der Waals surface area contributed by atoms with Gasteiger partial charge in [0.15, 0.2) is 5.76 Å². The predicted molar refractivity (Wildman–Crippen MR) is 194 cm³/mol. The van der Waals surface area contributed by atoms with Gasteiger partial charge >= 0.3 is 0 Å². The summed E-state index contributed by atoms with van der Waals surface area (Å²) in [6.45, 7) is 13.1. The molecule has 0 saturated carbocycles. The van der Waals surface area contributed by atoms with E-state index in [1.807, 2.05) is 24.3 Å². The number of rotatable bonds is 26. The molecule has 3 aromatic rings. The molecule has 0 atom stereocenters. The lowest BCUT2D eigenvalue weighted by molar-refractivity contribution is 0.246. The van der Waals surface area contributed by atoms with Crippen LogP contribution in [0.2, 0.25) is 0 Å². The quantitative estimate of drug-likeness (QED) is 0.0865. The molecular weight excluding hydrogens is 590 g/mol. The zero-order valence-corrected chi connectivity index (χ0v) is 29.7. The zero-order chi connectivity index (χ0) is 33.7. The highest BCUT2D eigenvalue weighted by atomic mass is 16.5. The van der Waals surface area contributed by atoms with Crippen LogP contribution >= 0.6 is 0 Å². The summed E-state index contributed by atoms with van der Waals surface area (Å²) in [7, 11) is 0. The van der Waals surface area contributed by atoms with Crippen molar-refractivity contribution in [3.8, 4) is 34.3 Å². The molecule has 0 saturated heterocycles. The van der Waals surface area contributed by atoms with Gasteiger partial charge in [-0.05, 0) is 56.6 Å². The summed E-state index contributed by atoms with van der Waals surface area (Å²) < 4.78 is 24.5. The summed E-state index contributed by atoms with van der Waals surface area (Å²) in [6.07, 6.45) is 17.8. The fourth-order valence-corrected chi connectivity index (χ4v) is 5.87. The molecule has 7 nitrogen and oxygen atoms in total. The first-order chi connectivity index (χ1) is 23.0. The highest BCUT2D eigenvalue weighted by Crippen LogP contribution is 2.36. The molecule has 0 radical (unpaired) electrons. The molecule has 0 bridgehead atoms. The average Bonchev–Trinajstić information content (AvgIpc) is 3.08. The van der Waals surface area contributed by atoms with Crippen molar-refractivity contribution in [3.05, 3.63) is 46.6 Å². The second-order valence-electron chi connectivity index (χ2n) is 12.6. The molecular formula is C40H61NO6.